The first-order valence-electron chi connectivity index (χ1n) is 4.21. The summed E-state index contributed by atoms with van der Waals surface area (Å²) in [6.45, 7) is 3.28. The summed E-state index contributed by atoms with van der Waals surface area (Å²) in [5.74, 6) is 0.606. The van der Waals surface area contributed by atoms with Gasteiger partial charge in [0.1, 0.15) is 6.61 Å². The van der Waals surface area contributed by atoms with Crippen LogP contribution in [0.1, 0.15) is 13.3 Å². The van der Waals surface area contributed by atoms with E-state index in [4.69, 9.17) is 4.74 Å². The van der Waals surface area contributed by atoms with Crippen LogP contribution >= 0.6 is 0 Å². The molecule has 0 saturated heterocycles. The van der Waals surface area contributed by atoms with Gasteiger partial charge in [-0.15, -0.1) is 0 Å². The number of carbonyl (C=O) groups excluding carboxylic acids is 1. The number of methoxy groups -OCH3 is 1. The molecule has 0 aliphatic rings. The summed E-state index contributed by atoms with van der Waals surface area (Å²) in [7, 11) is 5.57. The zero-order valence-electron chi connectivity index (χ0n) is 8.46. The maximum Gasteiger partial charge on any atom is 0.158 e. The Balaban J connectivity index is 3.54. The lowest BCUT2D eigenvalue weighted by Crippen LogP contribution is -2.22. The average Bonchev–Trinajstić information content (AvgIpc) is 1.84. The maximum absolute atomic E-state index is 11.1. The second kappa shape index (κ2) is 6.14. The number of ether oxygens (including phenoxy) is 1. The standard InChI is InChI=1S/C9H19NO2/c1-8(6-10(2)3)5-9(11)7-12-4/h8H,5-7H2,1-4H3. The molecular weight excluding hydrogens is 154 g/mol. The van der Waals surface area contributed by atoms with Gasteiger partial charge in [-0.25, -0.2) is 0 Å². The highest BCUT2D eigenvalue weighted by Gasteiger charge is 2.09. The van der Waals surface area contributed by atoms with Crippen LogP contribution in [0.2, 0.25) is 0 Å². The minimum atomic E-state index is 0.187. The zero-order valence-corrected chi connectivity index (χ0v) is 8.46. The number of Topliss-reactive ketones (excluding diaryl/α,β-unsaturated/α-hetero) is 1. The van der Waals surface area contributed by atoms with E-state index in [1.54, 1.807) is 7.11 Å². The summed E-state index contributed by atoms with van der Waals surface area (Å²) >= 11 is 0. The average molecular weight is 173 g/mol. The molecule has 0 aliphatic carbocycles. The molecule has 0 aromatic carbocycles. The molecule has 1 atom stereocenters. The van der Waals surface area contributed by atoms with Crippen molar-refractivity contribution in [1.82, 2.24) is 4.90 Å². The summed E-state index contributed by atoms with van der Waals surface area (Å²) in [4.78, 5) is 13.2. The summed E-state index contributed by atoms with van der Waals surface area (Å²) in [5, 5.41) is 0. The molecule has 0 aliphatic heterocycles. The third-order valence-electron chi connectivity index (χ3n) is 1.56. The fourth-order valence-corrected chi connectivity index (χ4v) is 1.30. The van der Waals surface area contributed by atoms with Gasteiger partial charge in [0.2, 0.25) is 0 Å². The predicted molar refractivity (Wildman–Crippen MR) is 49.2 cm³/mol. The second-order valence-electron chi connectivity index (χ2n) is 3.54. The highest BCUT2D eigenvalue weighted by molar-refractivity contribution is 5.79. The number of hydrogen-bond donors (Lipinski definition) is 0. The Morgan fingerprint density at radius 1 is 1.50 bits per heavy atom. The lowest BCUT2D eigenvalue weighted by atomic mass is 10.1. The van der Waals surface area contributed by atoms with Crippen LogP contribution in [0, 0.1) is 5.92 Å². The number of rotatable bonds is 6. The quantitative estimate of drug-likeness (QED) is 0.594. The second-order valence-corrected chi connectivity index (χ2v) is 3.54. The molecule has 1 unspecified atom stereocenters. The molecular formula is C9H19NO2. The lowest BCUT2D eigenvalue weighted by Gasteiger charge is -2.15. The van der Waals surface area contributed by atoms with Crippen LogP contribution < -0.4 is 0 Å². The Morgan fingerprint density at radius 3 is 2.50 bits per heavy atom. The minimum Gasteiger partial charge on any atom is -0.377 e. The number of carbonyl (C=O) groups is 1. The number of hydrogen-bond acceptors (Lipinski definition) is 3. The third kappa shape index (κ3) is 6.31. The minimum absolute atomic E-state index is 0.187. The molecule has 0 N–H and O–H groups in total. The Bertz CT molecular complexity index is 134. The maximum atomic E-state index is 11.1. The Morgan fingerprint density at radius 2 is 2.08 bits per heavy atom. The van der Waals surface area contributed by atoms with Gasteiger partial charge in [-0.2, -0.15) is 0 Å². The highest BCUT2D eigenvalue weighted by Crippen LogP contribution is 2.03. The molecule has 0 rings (SSSR count). The SMILES string of the molecule is COCC(=O)CC(C)CN(C)C. The summed E-state index contributed by atoms with van der Waals surface area (Å²) in [5.41, 5.74) is 0. The van der Waals surface area contributed by atoms with E-state index < -0.39 is 0 Å². The number of ketones is 1. The van der Waals surface area contributed by atoms with E-state index in [0.717, 1.165) is 6.54 Å². The first-order chi connectivity index (χ1) is 5.56. The van der Waals surface area contributed by atoms with Crippen molar-refractivity contribution in [1.29, 1.82) is 0 Å². The number of nitrogens with zero attached hydrogens (tertiary/aromatic N) is 1. The molecule has 0 aromatic rings. The molecule has 0 saturated carbocycles. The Hall–Kier alpha value is -0.410. The molecule has 0 aromatic heterocycles. The molecule has 0 radical (unpaired) electrons. The van der Waals surface area contributed by atoms with E-state index in [-0.39, 0.29) is 12.4 Å². The summed E-state index contributed by atoms with van der Waals surface area (Å²) < 4.78 is 4.75. The Labute approximate surface area is 74.7 Å². The van der Waals surface area contributed by atoms with Crippen LogP contribution in [-0.4, -0.2) is 45.0 Å². The fourth-order valence-electron chi connectivity index (χ4n) is 1.30. The van der Waals surface area contributed by atoms with Gasteiger partial charge in [0.15, 0.2) is 5.78 Å². The molecule has 12 heavy (non-hydrogen) atoms. The smallest absolute Gasteiger partial charge is 0.158 e. The summed E-state index contributed by atoms with van der Waals surface area (Å²) in [6.07, 6.45) is 0.617. The molecule has 0 spiro atoms. The fraction of sp³-hybridized carbons (Fsp3) is 0.889. The normalized spacial score (nSPS) is 13.4. The van der Waals surface area contributed by atoms with E-state index in [9.17, 15) is 4.79 Å². The third-order valence-corrected chi connectivity index (χ3v) is 1.56. The van der Waals surface area contributed by atoms with Crippen molar-refractivity contribution in [3.05, 3.63) is 0 Å². The molecule has 0 heterocycles. The highest BCUT2D eigenvalue weighted by atomic mass is 16.5. The van der Waals surface area contributed by atoms with E-state index in [1.165, 1.54) is 0 Å². The van der Waals surface area contributed by atoms with Crippen molar-refractivity contribution in [2.75, 3.05) is 34.4 Å². The first kappa shape index (κ1) is 11.6. The van der Waals surface area contributed by atoms with Crippen LogP contribution in [0.4, 0.5) is 0 Å². The largest absolute Gasteiger partial charge is 0.377 e. The van der Waals surface area contributed by atoms with Crippen LogP contribution in [0.15, 0.2) is 0 Å². The lowest BCUT2D eigenvalue weighted by molar-refractivity contribution is -0.123. The van der Waals surface area contributed by atoms with Gasteiger partial charge in [-0.05, 0) is 20.0 Å². The predicted octanol–water partition coefficient (Wildman–Crippen LogP) is 0.790. The molecule has 0 fully saturated rings. The van der Waals surface area contributed by atoms with Gasteiger partial charge >= 0.3 is 0 Å². The van der Waals surface area contributed by atoms with Crippen LogP contribution in [0.25, 0.3) is 0 Å². The van der Waals surface area contributed by atoms with Gasteiger partial charge < -0.3 is 9.64 Å². The van der Waals surface area contributed by atoms with Crippen LogP contribution in [0.3, 0.4) is 0 Å². The van der Waals surface area contributed by atoms with Gasteiger partial charge in [0, 0.05) is 20.1 Å². The van der Waals surface area contributed by atoms with Gasteiger partial charge in [0.05, 0.1) is 0 Å². The van der Waals surface area contributed by atoms with Crippen molar-refractivity contribution >= 4 is 5.78 Å². The van der Waals surface area contributed by atoms with E-state index >= 15 is 0 Å². The van der Waals surface area contributed by atoms with Crippen molar-refractivity contribution in [2.45, 2.75) is 13.3 Å². The Kier molecular flexibility index (Phi) is 5.93. The molecule has 0 amide bonds. The van der Waals surface area contributed by atoms with Crippen LogP contribution in [-0.2, 0) is 9.53 Å². The van der Waals surface area contributed by atoms with Crippen molar-refractivity contribution in [3.63, 3.8) is 0 Å². The first-order valence-corrected chi connectivity index (χ1v) is 4.21. The van der Waals surface area contributed by atoms with Gasteiger partial charge in [0.25, 0.3) is 0 Å². The van der Waals surface area contributed by atoms with Crippen molar-refractivity contribution in [2.24, 2.45) is 5.92 Å². The monoisotopic (exact) mass is 173 g/mol. The van der Waals surface area contributed by atoms with Crippen molar-refractivity contribution < 1.29 is 9.53 Å². The van der Waals surface area contributed by atoms with Crippen molar-refractivity contribution in [3.8, 4) is 0 Å². The van der Waals surface area contributed by atoms with Gasteiger partial charge in [-0.3, -0.25) is 4.79 Å². The van der Waals surface area contributed by atoms with Gasteiger partial charge in [-0.1, -0.05) is 6.92 Å². The summed E-state index contributed by atoms with van der Waals surface area (Å²) in [6, 6.07) is 0. The topological polar surface area (TPSA) is 29.5 Å². The molecule has 3 nitrogen and oxygen atoms in total. The molecule has 3 heteroatoms. The van der Waals surface area contributed by atoms with Crippen LogP contribution in [0.5, 0.6) is 0 Å². The van der Waals surface area contributed by atoms with E-state index in [2.05, 4.69) is 11.8 Å². The van der Waals surface area contributed by atoms with E-state index in [1.807, 2.05) is 14.1 Å². The zero-order chi connectivity index (χ0) is 9.56. The molecule has 72 valence electrons. The molecule has 0 bridgehead atoms. The van der Waals surface area contributed by atoms with E-state index in [0.29, 0.717) is 12.3 Å².